The number of amides is 3. The number of esters is 1. The largest absolute Gasteiger partial charge is 0.451 e. The molecule has 0 saturated heterocycles. The molecule has 0 radical (unpaired) electrons. The summed E-state index contributed by atoms with van der Waals surface area (Å²) in [5, 5.41) is 0. The molecule has 2 atom stereocenters. The number of benzene rings is 1. The Labute approximate surface area is 152 Å². The Morgan fingerprint density at radius 3 is 1.96 bits per heavy atom. The molecular weight excluding hydrogens is 336 g/mol. The second-order valence-corrected chi connectivity index (χ2v) is 6.98. The van der Waals surface area contributed by atoms with E-state index in [-0.39, 0.29) is 29.4 Å². The minimum Gasteiger partial charge on any atom is -0.451 e. The molecule has 1 aliphatic heterocycles. The minimum absolute atomic E-state index is 0.0386. The predicted molar refractivity (Wildman–Crippen MR) is 94.4 cm³/mol. The zero-order chi connectivity index (χ0) is 19.6. The van der Waals surface area contributed by atoms with Crippen molar-refractivity contribution in [1.29, 1.82) is 0 Å². The number of likely N-dealkylation sites (N-methyl/N-ethyl adjacent to an activating group) is 1. The molecule has 26 heavy (non-hydrogen) atoms. The van der Waals surface area contributed by atoms with Gasteiger partial charge in [0.15, 0.2) is 6.10 Å². The van der Waals surface area contributed by atoms with Gasteiger partial charge in [0.2, 0.25) is 0 Å². The molecule has 0 spiro atoms. The van der Waals surface area contributed by atoms with Gasteiger partial charge in [0.1, 0.15) is 6.04 Å². The van der Waals surface area contributed by atoms with Gasteiger partial charge in [0.25, 0.3) is 17.7 Å². The molecule has 1 heterocycles. The number of fused-ring (bicyclic) bond motifs is 1. The van der Waals surface area contributed by atoms with Crippen molar-refractivity contribution in [2.24, 2.45) is 5.92 Å². The molecule has 0 saturated carbocycles. The normalized spacial score (nSPS) is 15.7. The van der Waals surface area contributed by atoms with Gasteiger partial charge in [-0.05, 0) is 31.4 Å². The van der Waals surface area contributed by atoms with Crippen LogP contribution in [0.1, 0.15) is 47.9 Å². The van der Waals surface area contributed by atoms with E-state index in [2.05, 4.69) is 0 Å². The maximum atomic E-state index is 12.7. The lowest BCUT2D eigenvalue weighted by atomic mass is 10.0. The van der Waals surface area contributed by atoms with E-state index in [1.165, 1.54) is 11.8 Å². The predicted octanol–water partition coefficient (Wildman–Crippen LogP) is 1.72. The molecule has 2 rings (SSSR count). The van der Waals surface area contributed by atoms with Crippen molar-refractivity contribution in [3.8, 4) is 0 Å². The van der Waals surface area contributed by atoms with E-state index in [4.69, 9.17) is 4.74 Å². The molecule has 1 aromatic rings. The zero-order valence-corrected chi connectivity index (χ0v) is 15.7. The summed E-state index contributed by atoms with van der Waals surface area (Å²) in [5.74, 6) is -2.11. The monoisotopic (exact) mass is 360 g/mol. The third-order valence-electron chi connectivity index (χ3n) is 4.19. The average molecular weight is 360 g/mol. The summed E-state index contributed by atoms with van der Waals surface area (Å²) in [7, 11) is 3.12. The van der Waals surface area contributed by atoms with Gasteiger partial charge in [0.05, 0.1) is 11.1 Å². The number of imide groups is 1. The quantitative estimate of drug-likeness (QED) is 0.570. The molecule has 0 aromatic heterocycles. The average Bonchev–Trinajstić information content (AvgIpc) is 2.83. The van der Waals surface area contributed by atoms with Crippen LogP contribution in [0.2, 0.25) is 0 Å². The summed E-state index contributed by atoms with van der Waals surface area (Å²) in [6.45, 7) is 5.23. The molecule has 0 unspecified atom stereocenters. The van der Waals surface area contributed by atoms with Crippen LogP contribution in [0.3, 0.4) is 0 Å². The topological polar surface area (TPSA) is 84.0 Å². The first kappa shape index (κ1) is 19.6. The van der Waals surface area contributed by atoms with Gasteiger partial charge < -0.3 is 9.64 Å². The van der Waals surface area contributed by atoms with Gasteiger partial charge in [0, 0.05) is 14.1 Å². The van der Waals surface area contributed by atoms with Crippen LogP contribution in [0.4, 0.5) is 0 Å². The highest BCUT2D eigenvalue weighted by Crippen LogP contribution is 2.27. The molecule has 0 N–H and O–H groups in total. The summed E-state index contributed by atoms with van der Waals surface area (Å²) < 4.78 is 5.27. The molecule has 7 heteroatoms. The molecule has 1 aromatic carbocycles. The molecule has 0 aliphatic carbocycles. The lowest BCUT2D eigenvalue weighted by Gasteiger charge is -2.27. The van der Waals surface area contributed by atoms with Crippen LogP contribution in [-0.2, 0) is 14.3 Å². The fraction of sp³-hybridized carbons (Fsp3) is 0.474. The van der Waals surface area contributed by atoms with Crippen LogP contribution >= 0.6 is 0 Å². The Morgan fingerprint density at radius 1 is 1.04 bits per heavy atom. The summed E-state index contributed by atoms with van der Waals surface area (Å²) in [5.41, 5.74) is 0.549. The molecule has 3 amide bonds. The molecule has 140 valence electrons. The first-order valence-electron chi connectivity index (χ1n) is 8.53. The van der Waals surface area contributed by atoms with Crippen molar-refractivity contribution in [2.45, 2.75) is 39.3 Å². The van der Waals surface area contributed by atoms with Crippen LogP contribution < -0.4 is 0 Å². The Kier molecular flexibility index (Phi) is 5.79. The number of hydrogen-bond acceptors (Lipinski definition) is 5. The maximum absolute atomic E-state index is 12.7. The lowest BCUT2D eigenvalue weighted by molar-refractivity contribution is -0.161. The fourth-order valence-electron chi connectivity index (χ4n) is 2.91. The van der Waals surface area contributed by atoms with Crippen LogP contribution in [0, 0.1) is 5.92 Å². The van der Waals surface area contributed by atoms with Crippen molar-refractivity contribution in [3.63, 3.8) is 0 Å². The number of hydrogen-bond donors (Lipinski definition) is 0. The zero-order valence-electron chi connectivity index (χ0n) is 15.7. The number of nitrogens with zero attached hydrogens (tertiary/aromatic N) is 2. The smallest absolute Gasteiger partial charge is 0.330 e. The van der Waals surface area contributed by atoms with E-state index >= 15 is 0 Å². The summed E-state index contributed by atoms with van der Waals surface area (Å²) in [6, 6.07) is 5.39. The molecule has 0 fully saturated rings. The highest BCUT2D eigenvalue weighted by molar-refractivity contribution is 6.22. The second kappa shape index (κ2) is 7.68. The maximum Gasteiger partial charge on any atom is 0.330 e. The van der Waals surface area contributed by atoms with Gasteiger partial charge in [-0.15, -0.1) is 0 Å². The Morgan fingerprint density at radius 2 is 1.54 bits per heavy atom. The Hall–Kier alpha value is -2.70. The molecule has 1 aliphatic rings. The van der Waals surface area contributed by atoms with Crippen molar-refractivity contribution in [1.82, 2.24) is 9.80 Å². The fourth-order valence-corrected chi connectivity index (χ4v) is 2.91. The van der Waals surface area contributed by atoms with Gasteiger partial charge >= 0.3 is 5.97 Å². The van der Waals surface area contributed by atoms with Crippen LogP contribution in [0.15, 0.2) is 24.3 Å². The van der Waals surface area contributed by atoms with Crippen molar-refractivity contribution >= 4 is 23.7 Å². The Bertz CT molecular complexity index is 706. The summed E-state index contributed by atoms with van der Waals surface area (Å²) in [4.78, 5) is 52.3. The van der Waals surface area contributed by atoms with Crippen molar-refractivity contribution in [2.75, 3.05) is 14.1 Å². The number of carbonyl (C=O) groups is 4. The van der Waals surface area contributed by atoms with E-state index in [0.29, 0.717) is 0 Å². The van der Waals surface area contributed by atoms with E-state index in [1.807, 2.05) is 13.8 Å². The van der Waals surface area contributed by atoms with Crippen LogP contribution in [0.25, 0.3) is 0 Å². The SMILES string of the molecule is CC(C)C[C@@H](C(=O)O[C@H](C)C(=O)N(C)C)N1C(=O)c2ccccc2C1=O. The van der Waals surface area contributed by atoms with Crippen molar-refractivity contribution in [3.05, 3.63) is 35.4 Å². The lowest BCUT2D eigenvalue weighted by Crippen LogP contribution is -2.48. The standard InChI is InChI=1S/C19H24N2O5/c1-11(2)10-15(19(25)26-12(3)16(22)20(4)5)21-17(23)13-8-6-7-9-14(13)18(21)24/h6-9,11-12,15H,10H2,1-5H3/t12-,15+/m1/s1. The molecule has 7 nitrogen and oxygen atoms in total. The van der Waals surface area contributed by atoms with Gasteiger partial charge in [-0.25, -0.2) is 4.79 Å². The Balaban J connectivity index is 2.28. The third kappa shape index (κ3) is 3.76. The van der Waals surface area contributed by atoms with Gasteiger partial charge in [-0.2, -0.15) is 0 Å². The van der Waals surface area contributed by atoms with Gasteiger partial charge in [-0.3, -0.25) is 19.3 Å². The number of rotatable bonds is 6. The van der Waals surface area contributed by atoms with Crippen molar-refractivity contribution < 1.29 is 23.9 Å². The van der Waals surface area contributed by atoms with E-state index in [1.54, 1.807) is 38.4 Å². The summed E-state index contributed by atoms with van der Waals surface area (Å²) in [6.07, 6.45) is -0.741. The molecular formula is C19H24N2O5. The van der Waals surface area contributed by atoms with E-state index < -0.39 is 29.9 Å². The first-order valence-corrected chi connectivity index (χ1v) is 8.53. The van der Waals surface area contributed by atoms with Crippen LogP contribution in [0.5, 0.6) is 0 Å². The highest BCUT2D eigenvalue weighted by Gasteiger charge is 2.44. The van der Waals surface area contributed by atoms with E-state index in [9.17, 15) is 19.2 Å². The number of ether oxygens (including phenoxy) is 1. The second-order valence-electron chi connectivity index (χ2n) is 6.98. The minimum atomic E-state index is -1.07. The summed E-state index contributed by atoms with van der Waals surface area (Å²) >= 11 is 0. The number of carbonyl (C=O) groups excluding carboxylic acids is 4. The first-order chi connectivity index (χ1) is 12.1. The van der Waals surface area contributed by atoms with Crippen LogP contribution in [-0.4, -0.2) is 59.7 Å². The molecule has 0 bridgehead atoms. The third-order valence-corrected chi connectivity index (χ3v) is 4.19. The van der Waals surface area contributed by atoms with Gasteiger partial charge in [-0.1, -0.05) is 26.0 Å². The highest BCUT2D eigenvalue weighted by atomic mass is 16.5. The van der Waals surface area contributed by atoms with E-state index in [0.717, 1.165) is 4.90 Å².